The number of fused-ring (bicyclic) bond motifs is 1. The molecule has 4 nitrogen and oxygen atoms in total. The van der Waals surface area contributed by atoms with Crippen molar-refractivity contribution in [2.45, 2.75) is 6.42 Å². The van der Waals surface area contributed by atoms with E-state index in [4.69, 9.17) is 16.6 Å². The first-order valence-electron chi connectivity index (χ1n) is 10.3. The SMILES string of the molecule is Clc1ccc(-c2cnn3c(NCCc4ccccc4)cc(-c4ccccc4)nc23)cc1. The summed E-state index contributed by atoms with van der Waals surface area (Å²) in [5.41, 5.74) is 6.09. The zero-order valence-corrected chi connectivity index (χ0v) is 17.6. The average molecular weight is 425 g/mol. The minimum atomic E-state index is 0.710. The molecule has 152 valence electrons. The molecule has 0 saturated heterocycles. The summed E-state index contributed by atoms with van der Waals surface area (Å²) in [4.78, 5) is 4.96. The van der Waals surface area contributed by atoms with Gasteiger partial charge in [-0.15, -0.1) is 0 Å². The molecule has 0 spiro atoms. The first-order chi connectivity index (χ1) is 15.3. The van der Waals surface area contributed by atoms with E-state index in [0.29, 0.717) is 5.02 Å². The van der Waals surface area contributed by atoms with Gasteiger partial charge in [0.05, 0.1) is 11.9 Å². The van der Waals surface area contributed by atoms with Crippen molar-refractivity contribution in [1.82, 2.24) is 14.6 Å². The van der Waals surface area contributed by atoms with Crippen LogP contribution < -0.4 is 5.32 Å². The largest absolute Gasteiger partial charge is 0.370 e. The number of aromatic nitrogens is 3. The molecule has 2 heterocycles. The zero-order valence-electron chi connectivity index (χ0n) is 16.9. The van der Waals surface area contributed by atoms with Gasteiger partial charge >= 0.3 is 0 Å². The second-order valence-corrected chi connectivity index (χ2v) is 7.79. The number of hydrogen-bond donors (Lipinski definition) is 1. The Morgan fingerprint density at radius 3 is 2.26 bits per heavy atom. The summed E-state index contributed by atoms with van der Waals surface area (Å²) >= 11 is 6.08. The molecule has 31 heavy (non-hydrogen) atoms. The summed E-state index contributed by atoms with van der Waals surface area (Å²) in [7, 11) is 0. The topological polar surface area (TPSA) is 42.2 Å². The predicted octanol–water partition coefficient (Wildman–Crippen LogP) is 6.37. The number of nitrogens with one attached hydrogen (secondary N) is 1. The highest BCUT2D eigenvalue weighted by Crippen LogP contribution is 2.29. The molecule has 5 rings (SSSR count). The van der Waals surface area contributed by atoms with Gasteiger partial charge in [-0.3, -0.25) is 0 Å². The highest BCUT2D eigenvalue weighted by molar-refractivity contribution is 6.30. The van der Waals surface area contributed by atoms with Crippen LogP contribution in [-0.2, 0) is 6.42 Å². The maximum atomic E-state index is 6.08. The van der Waals surface area contributed by atoms with E-state index in [9.17, 15) is 0 Å². The summed E-state index contributed by atoms with van der Waals surface area (Å²) in [6, 6.07) is 30.5. The fourth-order valence-corrected chi connectivity index (χ4v) is 3.78. The number of rotatable bonds is 6. The molecule has 5 heteroatoms. The number of benzene rings is 3. The quantitative estimate of drug-likeness (QED) is 0.344. The van der Waals surface area contributed by atoms with Crippen molar-refractivity contribution in [3.05, 3.63) is 108 Å². The van der Waals surface area contributed by atoms with E-state index in [2.05, 4.69) is 52.9 Å². The van der Waals surface area contributed by atoms with E-state index >= 15 is 0 Å². The molecule has 0 aliphatic rings. The van der Waals surface area contributed by atoms with Crippen molar-refractivity contribution in [3.8, 4) is 22.4 Å². The molecule has 0 fully saturated rings. The van der Waals surface area contributed by atoms with Gasteiger partial charge in [0, 0.05) is 28.8 Å². The monoisotopic (exact) mass is 424 g/mol. The van der Waals surface area contributed by atoms with Crippen LogP contribution in [0.3, 0.4) is 0 Å². The molecule has 0 aliphatic carbocycles. The molecule has 0 atom stereocenters. The summed E-state index contributed by atoms with van der Waals surface area (Å²) in [6.45, 7) is 0.799. The Balaban J connectivity index is 1.55. The third-order valence-electron chi connectivity index (χ3n) is 5.26. The van der Waals surface area contributed by atoms with Gasteiger partial charge in [0.15, 0.2) is 5.65 Å². The summed E-state index contributed by atoms with van der Waals surface area (Å²) in [5.74, 6) is 0.917. The molecule has 0 bridgehead atoms. The maximum Gasteiger partial charge on any atom is 0.165 e. The van der Waals surface area contributed by atoms with Crippen LogP contribution in [0.1, 0.15) is 5.56 Å². The fourth-order valence-electron chi connectivity index (χ4n) is 3.66. The van der Waals surface area contributed by atoms with Crippen LogP contribution >= 0.6 is 11.6 Å². The molecule has 0 saturated carbocycles. The second kappa shape index (κ2) is 8.62. The first kappa shape index (κ1) is 19.3. The van der Waals surface area contributed by atoms with E-state index in [-0.39, 0.29) is 0 Å². The number of hydrogen-bond acceptors (Lipinski definition) is 3. The van der Waals surface area contributed by atoms with Crippen LogP contribution in [0.15, 0.2) is 97.2 Å². The highest BCUT2D eigenvalue weighted by Gasteiger charge is 2.14. The Bertz CT molecular complexity index is 1300. The molecule has 0 amide bonds. The van der Waals surface area contributed by atoms with Gasteiger partial charge in [-0.25, -0.2) is 4.98 Å². The molecule has 3 aromatic carbocycles. The summed E-state index contributed by atoms with van der Waals surface area (Å²) < 4.78 is 1.88. The van der Waals surface area contributed by atoms with Gasteiger partial charge in [-0.1, -0.05) is 84.4 Å². The Hall–Kier alpha value is -3.63. The molecule has 0 radical (unpaired) electrons. The van der Waals surface area contributed by atoms with Crippen LogP contribution in [0, 0.1) is 0 Å². The lowest BCUT2D eigenvalue weighted by Gasteiger charge is -2.11. The van der Waals surface area contributed by atoms with Gasteiger partial charge in [0.2, 0.25) is 0 Å². The highest BCUT2D eigenvalue weighted by atomic mass is 35.5. The van der Waals surface area contributed by atoms with Crippen molar-refractivity contribution >= 4 is 23.1 Å². The van der Waals surface area contributed by atoms with E-state index in [1.54, 1.807) is 0 Å². The molecular weight excluding hydrogens is 404 g/mol. The lowest BCUT2D eigenvalue weighted by Crippen LogP contribution is -2.10. The third-order valence-corrected chi connectivity index (χ3v) is 5.51. The van der Waals surface area contributed by atoms with E-state index in [1.165, 1.54) is 5.56 Å². The van der Waals surface area contributed by atoms with Crippen molar-refractivity contribution in [2.24, 2.45) is 0 Å². The Morgan fingerprint density at radius 2 is 1.52 bits per heavy atom. The summed E-state index contributed by atoms with van der Waals surface area (Å²) in [6.07, 6.45) is 2.79. The zero-order chi connectivity index (χ0) is 21.0. The lowest BCUT2D eigenvalue weighted by molar-refractivity contribution is 0.914. The minimum absolute atomic E-state index is 0.710. The van der Waals surface area contributed by atoms with Crippen molar-refractivity contribution in [2.75, 3.05) is 11.9 Å². The third kappa shape index (κ3) is 4.16. The Labute approximate surface area is 186 Å². The van der Waals surface area contributed by atoms with E-state index in [0.717, 1.165) is 46.8 Å². The van der Waals surface area contributed by atoms with Crippen LogP contribution in [0.4, 0.5) is 5.82 Å². The Kier molecular flexibility index (Phi) is 5.38. The van der Waals surface area contributed by atoms with E-state index in [1.807, 2.05) is 59.2 Å². The molecule has 0 unspecified atom stereocenters. The van der Waals surface area contributed by atoms with Gasteiger partial charge in [0.1, 0.15) is 5.82 Å². The maximum absolute atomic E-state index is 6.08. The van der Waals surface area contributed by atoms with Gasteiger partial charge in [-0.05, 0) is 29.7 Å². The Morgan fingerprint density at radius 1 is 0.806 bits per heavy atom. The average Bonchev–Trinajstić information content (AvgIpc) is 3.25. The number of anilines is 1. The fraction of sp³-hybridized carbons (Fsp3) is 0.0769. The molecule has 5 aromatic rings. The second-order valence-electron chi connectivity index (χ2n) is 7.36. The molecule has 1 N–H and O–H groups in total. The number of halogens is 1. The van der Waals surface area contributed by atoms with Crippen LogP contribution in [0.2, 0.25) is 5.02 Å². The lowest BCUT2D eigenvalue weighted by atomic mass is 10.1. The van der Waals surface area contributed by atoms with Crippen molar-refractivity contribution in [1.29, 1.82) is 0 Å². The molecular formula is C26H21ClN4. The predicted molar refractivity (Wildman–Crippen MR) is 128 cm³/mol. The van der Waals surface area contributed by atoms with Crippen LogP contribution in [0.5, 0.6) is 0 Å². The standard InChI is InChI=1S/C26H21ClN4/c27-22-13-11-20(12-14-22)23-18-29-31-25(28-16-15-19-7-3-1-4-8-19)17-24(30-26(23)31)21-9-5-2-6-10-21/h1-14,17-18,28H,15-16H2. The van der Waals surface area contributed by atoms with Crippen molar-refractivity contribution < 1.29 is 0 Å². The van der Waals surface area contributed by atoms with Crippen LogP contribution in [-0.4, -0.2) is 21.1 Å². The van der Waals surface area contributed by atoms with Gasteiger partial charge in [0.25, 0.3) is 0 Å². The van der Waals surface area contributed by atoms with E-state index < -0.39 is 0 Å². The normalized spacial score (nSPS) is 11.0. The van der Waals surface area contributed by atoms with Crippen molar-refractivity contribution in [3.63, 3.8) is 0 Å². The van der Waals surface area contributed by atoms with Gasteiger partial charge < -0.3 is 5.32 Å². The summed E-state index contributed by atoms with van der Waals surface area (Å²) in [5, 5.41) is 8.91. The number of nitrogens with zero attached hydrogens (tertiary/aromatic N) is 3. The molecule has 0 aliphatic heterocycles. The van der Waals surface area contributed by atoms with Gasteiger partial charge in [-0.2, -0.15) is 9.61 Å². The minimum Gasteiger partial charge on any atom is -0.370 e. The molecule has 2 aromatic heterocycles. The van der Waals surface area contributed by atoms with Crippen LogP contribution in [0.25, 0.3) is 28.0 Å². The first-order valence-corrected chi connectivity index (χ1v) is 10.6. The smallest absolute Gasteiger partial charge is 0.165 e.